The smallest absolute Gasteiger partial charge is 0.0727 e. The van der Waals surface area contributed by atoms with Crippen molar-refractivity contribution in [3.8, 4) is 55.6 Å². The Labute approximate surface area is 465 Å². The second kappa shape index (κ2) is 17.5. The molecule has 372 valence electrons. The van der Waals surface area contributed by atoms with E-state index in [-0.39, 0.29) is 5.41 Å². The average Bonchev–Trinajstić information content (AvgIpc) is 3.67. The number of thiophene rings is 1. The summed E-state index contributed by atoms with van der Waals surface area (Å²) in [5.41, 5.74) is 26.4. The van der Waals surface area contributed by atoms with Crippen LogP contribution >= 0.6 is 11.3 Å². The van der Waals surface area contributed by atoms with Gasteiger partial charge in [0.15, 0.2) is 0 Å². The normalized spacial score (nSPS) is 14.9. The zero-order valence-electron chi connectivity index (χ0n) is 43.9. The largest absolute Gasteiger partial charge is 0.310 e. The number of fused-ring (bicyclic) bond motifs is 17. The highest BCUT2D eigenvalue weighted by atomic mass is 32.1. The molecule has 1 heterocycles. The molecule has 0 N–H and O–H groups in total. The minimum atomic E-state index is -0.663. The summed E-state index contributed by atoms with van der Waals surface area (Å²) >= 11 is 1.90. The number of anilines is 6. The zero-order chi connectivity index (χ0) is 52.4. The molecule has 16 rings (SSSR count). The second-order valence-corrected chi connectivity index (χ2v) is 23.0. The van der Waals surface area contributed by atoms with E-state index in [1.54, 1.807) is 0 Å². The van der Waals surface area contributed by atoms with Crippen molar-refractivity contribution in [2.45, 2.75) is 24.7 Å². The molecule has 1 unspecified atom stereocenters. The van der Waals surface area contributed by atoms with Gasteiger partial charge in [-0.1, -0.05) is 208 Å². The standard InChI is InChI=1S/C76H52N2S/c1-75(2)65-27-15-12-24-59(65)61-41-38-56(46-68(61)75)78(55-36-32-52(33-37-55)50-20-8-4-9-21-50)58-40-43-63-70(48-58)76(67-44-45-72-74(73(63)67)64-26-14-17-29-71(64)79-72)66-28-16-13-25-60(66)62-42-39-57(47-69(62)76)77(53-22-10-5-11-23-53)54-34-30-51(31-35-54)49-18-6-3-7-19-49/h3-48H,1-2H3. The molecule has 1 aromatic heterocycles. The van der Waals surface area contributed by atoms with Crippen molar-refractivity contribution in [2.24, 2.45) is 0 Å². The van der Waals surface area contributed by atoms with Crippen molar-refractivity contribution in [1.29, 1.82) is 0 Å². The quantitative estimate of drug-likeness (QED) is 0.150. The SMILES string of the molecule is CC1(C)c2ccccc2-c2ccc(N(c3ccc(-c4ccccc4)cc3)c3ccc4c(c3)C3(c5ccccc5-c5ccc(N(c6ccccc6)c6ccc(-c7ccccc7)cc6)cc53)c3ccc5sc6ccccc6c5c3-4)cc21. The van der Waals surface area contributed by atoms with Gasteiger partial charge >= 0.3 is 0 Å². The third-order valence-electron chi connectivity index (χ3n) is 17.5. The number of hydrogen-bond donors (Lipinski definition) is 0. The number of benzene rings is 12. The molecule has 3 heteroatoms. The molecule has 0 fully saturated rings. The van der Waals surface area contributed by atoms with E-state index < -0.39 is 5.41 Å². The summed E-state index contributed by atoms with van der Waals surface area (Å²) < 4.78 is 2.62. The van der Waals surface area contributed by atoms with Gasteiger partial charge in [0.05, 0.1) is 5.41 Å². The molecule has 79 heavy (non-hydrogen) atoms. The van der Waals surface area contributed by atoms with Gasteiger partial charge in [-0.2, -0.15) is 0 Å². The van der Waals surface area contributed by atoms with Gasteiger partial charge in [-0.3, -0.25) is 0 Å². The maximum atomic E-state index is 2.56. The molecule has 0 saturated carbocycles. The van der Waals surface area contributed by atoms with Crippen molar-refractivity contribution in [1.82, 2.24) is 0 Å². The highest BCUT2D eigenvalue weighted by Gasteiger charge is 2.53. The third-order valence-corrected chi connectivity index (χ3v) is 18.6. The molecule has 3 aliphatic carbocycles. The molecular weight excluding hydrogens is 973 g/mol. The fourth-order valence-corrected chi connectivity index (χ4v) is 15.0. The van der Waals surface area contributed by atoms with Gasteiger partial charge in [0.1, 0.15) is 0 Å². The van der Waals surface area contributed by atoms with Crippen LogP contribution in [0, 0.1) is 0 Å². The van der Waals surface area contributed by atoms with E-state index in [4.69, 9.17) is 0 Å². The molecule has 3 aliphatic rings. The van der Waals surface area contributed by atoms with E-state index in [9.17, 15) is 0 Å². The summed E-state index contributed by atoms with van der Waals surface area (Å²) in [6.45, 7) is 4.77. The van der Waals surface area contributed by atoms with E-state index in [2.05, 4.69) is 303 Å². The molecule has 0 bridgehead atoms. The van der Waals surface area contributed by atoms with Gasteiger partial charge in [-0.25, -0.2) is 0 Å². The monoisotopic (exact) mass is 1020 g/mol. The first-order valence-electron chi connectivity index (χ1n) is 27.5. The van der Waals surface area contributed by atoms with Crippen LogP contribution < -0.4 is 9.80 Å². The number of hydrogen-bond acceptors (Lipinski definition) is 3. The Hall–Kier alpha value is -9.54. The molecular formula is C76H52N2S. The minimum absolute atomic E-state index is 0.171. The highest BCUT2D eigenvalue weighted by molar-refractivity contribution is 7.26. The first-order chi connectivity index (χ1) is 38.9. The van der Waals surface area contributed by atoms with Crippen molar-refractivity contribution >= 4 is 65.6 Å². The molecule has 12 aromatic carbocycles. The van der Waals surface area contributed by atoms with Crippen LogP contribution in [-0.2, 0) is 10.8 Å². The van der Waals surface area contributed by atoms with Crippen LogP contribution in [-0.4, -0.2) is 0 Å². The Morgan fingerprint density at radius 3 is 1.32 bits per heavy atom. The topological polar surface area (TPSA) is 6.48 Å². The molecule has 0 radical (unpaired) electrons. The van der Waals surface area contributed by atoms with Gasteiger partial charge in [0.25, 0.3) is 0 Å². The molecule has 0 amide bonds. The second-order valence-electron chi connectivity index (χ2n) is 21.9. The van der Waals surface area contributed by atoms with Crippen LogP contribution in [0.2, 0.25) is 0 Å². The van der Waals surface area contributed by atoms with E-state index in [0.29, 0.717) is 0 Å². The fourth-order valence-electron chi connectivity index (χ4n) is 13.9. The fraction of sp³-hybridized carbons (Fsp3) is 0.0526. The average molecular weight is 1030 g/mol. The Balaban J connectivity index is 0.953. The van der Waals surface area contributed by atoms with Crippen molar-refractivity contribution in [3.63, 3.8) is 0 Å². The molecule has 2 nitrogen and oxygen atoms in total. The maximum Gasteiger partial charge on any atom is 0.0727 e. The summed E-state index contributed by atoms with van der Waals surface area (Å²) in [7, 11) is 0. The molecule has 1 atom stereocenters. The third kappa shape index (κ3) is 6.76. The van der Waals surface area contributed by atoms with Crippen LogP contribution in [0.25, 0.3) is 75.8 Å². The van der Waals surface area contributed by atoms with Gasteiger partial charge < -0.3 is 9.80 Å². The van der Waals surface area contributed by atoms with Crippen LogP contribution in [0.1, 0.15) is 47.2 Å². The predicted octanol–water partition coefficient (Wildman–Crippen LogP) is 21.0. The zero-order valence-corrected chi connectivity index (χ0v) is 44.7. The van der Waals surface area contributed by atoms with Gasteiger partial charge in [-0.05, 0) is 174 Å². The summed E-state index contributed by atoms with van der Waals surface area (Å²) in [6, 6.07) is 104. The van der Waals surface area contributed by atoms with Gasteiger partial charge in [0.2, 0.25) is 0 Å². The van der Waals surface area contributed by atoms with Gasteiger partial charge in [0, 0.05) is 59.7 Å². The minimum Gasteiger partial charge on any atom is -0.310 e. The first-order valence-corrected chi connectivity index (χ1v) is 28.3. The van der Waals surface area contributed by atoms with Crippen molar-refractivity contribution < 1.29 is 0 Å². The summed E-state index contributed by atoms with van der Waals surface area (Å²) in [6.07, 6.45) is 0. The summed E-state index contributed by atoms with van der Waals surface area (Å²) in [5.74, 6) is 0. The Kier molecular flexibility index (Phi) is 10.1. The van der Waals surface area contributed by atoms with E-state index >= 15 is 0 Å². The highest BCUT2D eigenvalue weighted by Crippen LogP contribution is 2.66. The van der Waals surface area contributed by atoms with Crippen LogP contribution in [0.4, 0.5) is 34.1 Å². The predicted molar refractivity (Wildman–Crippen MR) is 333 cm³/mol. The molecule has 13 aromatic rings. The van der Waals surface area contributed by atoms with Crippen molar-refractivity contribution in [3.05, 3.63) is 312 Å². The number of para-hydroxylation sites is 1. The maximum absolute atomic E-state index is 2.56. The van der Waals surface area contributed by atoms with Crippen LogP contribution in [0.5, 0.6) is 0 Å². The molecule has 1 spiro atoms. The lowest BCUT2D eigenvalue weighted by Crippen LogP contribution is -2.26. The van der Waals surface area contributed by atoms with Crippen LogP contribution in [0.3, 0.4) is 0 Å². The van der Waals surface area contributed by atoms with E-state index in [1.807, 2.05) is 11.3 Å². The molecule has 0 saturated heterocycles. The van der Waals surface area contributed by atoms with Crippen molar-refractivity contribution in [2.75, 3.05) is 9.80 Å². The lowest BCUT2D eigenvalue weighted by molar-refractivity contribution is 0.660. The van der Waals surface area contributed by atoms with E-state index in [1.165, 1.54) is 109 Å². The molecule has 0 aliphatic heterocycles. The first kappa shape index (κ1) is 45.6. The number of nitrogens with zero attached hydrogens (tertiary/aromatic N) is 2. The number of rotatable bonds is 8. The lowest BCUT2D eigenvalue weighted by atomic mass is 9.70. The Morgan fingerprint density at radius 2 is 0.696 bits per heavy atom. The summed E-state index contributed by atoms with van der Waals surface area (Å²) in [5, 5.41) is 2.65. The lowest BCUT2D eigenvalue weighted by Gasteiger charge is -2.33. The Morgan fingerprint density at radius 1 is 0.278 bits per heavy atom. The summed E-state index contributed by atoms with van der Waals surface area (Å²) in [4.78, 5) is 4.94. The Bertz CT molecular complexity index is 4560. The van der Waals surface area contributed by atoms with Gasteiger partial charge in [-0.15, -0.1) is 11.3 Å². The van der Waals surface area contributed by atoms with E-state index in [0.717, 1.165) is 34.1 Å². The van der Waals surface area contributed by atoms with Crippen LogP contribution in [0.15, 0.2) is 279 Å².